The van der Waals surface area contributed by atoms with Gasteiger partial charge in [0.25, 0.3) is 0 Å². The molecular formula is C16H24N4S. The summed E-state index contributed by atoms with van der Waals surface area (Å²) in [4.78, 5) is 6.35. The zero-order chi connectivity index (χ0) is 14.8. The highest BCUT2D eigenvalue weighted by Crippen LogP contribution is 2.22. The third-order valence-corrected chi connectivity index (χ3v) is 5.10. The molecule has 0 aliphatic carbocycles. The summed E-state index contributed by atoms with van der Waals surface area (Å²) in [6, 6.07) is 4.38. The fourth-order valence-corrected chi connectivity index (χ4v) is 4.09. The summed E-state index contributed by atoms with van der Waals surface area (Å²) in [5.74, 6) is 0.626. The van der Waals surface area contributed by atoms with Crippen molar-refractivity contribution in [3.05, 3.63) is 39.8 Å². The van der Waals surface area contributed by atoms with E-state index in [9.17, 15) is 0 Å². The average Bonchev–Trinajstić information content (AvgIpc) is 2.96. The first-order valence-electron chi connectivity index (χ1n) is 7.52. The van der Waals surface area contributed by atoms with Crippen LogP contribution < -0.4 is 0 Å². The lowest BCUT2D eigenvalue weighted by Gasteiger charge is -2.25. The molecule has 1 aliphatic rings. The highest BCUT2D eigenvalue weighted by atomic mass is 32.1. The second-order valence-electron chi connectivity index (χ2n) is 6.33. The number of aryl methyl sites for hydroxylation is 1. The second-order valence-corrected chi connectivity index (χ2v) is 7.33. The van der Waals surface area contributed by atoms with Gasteiger partial charge < -0.3 is 4.90 Å². The van der Waals surface area contributed by atoms with Crippen LogP contribution in [0.2, 0.25) is 0 Å². The van der Waals surface area contributed by atoms with Gasteiger partial charge in [-0.25, -0.2) is 0 Å². The Kier molecular flexibility index (Phi) is 4.42. The monoisotopic (exact) mass is 304 g/mol. The summed E-state index contributed by atoms with van der Waals surface area (Å²) in [5.41, 5.74) is 2.76. The van der Waals surface area contributed by atoms with Gasteiger partial charge >= 0.3 is 0 Å². The summed E-state index contributed by atoms with van der Waals surface area (Å²) >= 11 is 1.87. The molecule has 0 unspecified atom stereocenters. The SMILES string of the molecule is Cc1ccsc1CN1Cc2ccnn2C[C@@H](CN(C)C)C1. The predicted molar refractivity (Wildman–Crippen MR) is 87.4 cm³/mol. The Morgan fingerprint density at radius 2 is 2.19 bits per heavy atom. The molecule has 0 radical (unpaired) electrons. The van der Waals surface area contributed by atoms with E-state index in [0.717, 1.165) is 32.7 Å². The number of aromatic nitrogens is 2. The minimum atomic E-state index is 0.626. The molecule has 114 valence electrons. The molecule has 2 aromatic heterocycles. The van der Waals surface area contributed by atoms with Crippen LogP contribution in [0, 0.1) is 12.8 Å². The number of rotatable bonds is 4. The number of hydrogen-bond acceptors (Lipinski definition) is 4. The third kappa shape index (κ3) is 3.54. The number of fused-ring (bicyclic) bond motifs is 1. The molecule has 2 aromatic rings. The molecule has 0 fully saturated rings. The number of thiophene rings is 1. The van der Waals surface area contributed by atoms with E-state index in [0.29, 0.717) is 5.92 Å². The van der Waals surface area contributed by atoms with E-state index in [1.54, 1.807) is 0 Å². The summed E-state index contributed by atoms with van der Waals surface area (Å²) in [6.45, 7) is 7.55. The van der Waals surface area contributed by atoms with Crippen molar-refractivity contribution in [2.45, 2.75) is 26.6 Å². The van der Waals surface area contributed by atoms with Crippen LogP contribution in [0.5, 0.6) is 0 Å². The average molecular weight is 304 g/mol. The molecule has 0 N–H and O–H groups in total. The molecule has 21 heavy (non-hydrogen) atoms. The van der Waals surface area contributed by atoms with Crippen LogP contribution in [0.3, 0.4) is 0 Å². The minimum Gasteiger partial charge on any atom is -0.309 e. The molecule has 0 aromatic carbocycles. The predicted octanol–water partition coefficient (Wildman–Crippen LogP) is 2.45. The van der Waals surface area contributed by atoms with Crippen LogP contribution >= 0.6 is 11.3 Å². The lowest BCUT2D eigenvalue weighted by molar-refractivity contribution is 0.195. The van der Waals surface area contributed by atoms with E-state index < -0.39 is 0 Å². The van der Waals surface area contributed by atoms with E-state index in [2.05, 4.69) is 58.1 Å². The van der Waals surface area contributed by atoms with E-state index >= 15 is 0 Å². The fourth-order valence-electron chi connectivity index (χ4n) is 3.14. The molecule has 3 heterocycles. The molecule has 1 atom stereocenters. The molecule has 1 aliphatic heterocycles. The maximum absolute atomic E-state index is 4.50. The normalized spacial score (nSPS) is 19.7. The standard InChI is InChI=1S/C16H24N4S/c1-13-5-7-21-16(13)12-19-9-14(8-18(2)3)10-20-15(11-19)4-6-17-20/h4-7,14H,8-12H2,1-3H3/t14-/m0/s1. The van der Waals surface area contributed by atoms with Crippen LogP contribution in [0.25, 0.3) is 0 Å². The lowest BCUT2D eigenvalue weighted by atomic mass is 10.1. The van der Waals surface area contributed by atoms with Crippen LogP contribution in [0.4, 0.5) is 0 Å². The van der Waals surface area contributed by atoms with Crippen molar-refractivity contribution >= 4 is 11.3 Å². The molecule has 0 amide bonds. The van der Waals surface area contributed by atoms with E-state index in [4.69, 9.17) is 0 Å². The number of nitrogens with zero attached hydrogens (tertiary/aromatic N) is 4. The third-order valence-electron chi connectivity index (χ3n) is 4.10. The van der Waals surface area contributed by atoms with Crippen LogP contribution in [0.1, 0.15) is 16.1 Å². The van der Waals surface area contributed by atoms with Gasteiger partial charge in [-0.3, -0.25) is 9.58 Å². The Morgan fingerprint density at radius 3 is 2.90 bits per heavy atom. The second kappa shape index (κ2) is 6.30. The summed E-state index contributed by atoms with van der Waals surface area (Å²) < 4.78 is 2.19. The Bertz CT molecular complexity index is 587. The van der Waals surface area contributed by atoms with Gasteiger partial charge in [0, 0.05) is 49.7 Å². The Labute approximate surface area is 131 Å². The van der Waals surface area contributed by atoms with E-state index in [-0.39, 0.29) is 0 Å². The molecule has 3 rings (SSSR count). The topological polar surface area (TPSA) is 24.3 Å². The highest BCUT2D eigenvalue weighted by Gasteiger charge is 2.23. The first kappa shape index (κ1) is 14.8. The van der Waals surface area contributed by atoms with E-state index in [1.807, 2.05) is 17.5 Å². The first-order chi connectivity index (χ1) is 10.1. The largest absolute Gasteiger partial charge is 0.309 e. The minimum absolute atomic E-state index is 0.626. The zero-order valence-corrected chi connectivity index (χ0v) is 13.9. The van der Waals surface area contributed by atoms with Crippen molar-refractivity contribution < 1.29 is 0 Å². The quantitative estimate of drug-likeness (QED) is 0.867. The Morgan fingerprint density at radius 1 is 1.33 bits per heavy atom. The summed E-state index contributed by atoms with van der Waals surface area (Å²) in [6.07, 6.45) is 1.93. The zero-order valence-electron chi connectivity index (χ0n) is 13.1. The van der Waals surface area contributed by atoms with Crippen molar-refractivity contribution in [2.24, 2.45) is 5.92 Å². The van der Waals surface area contributed by atoms with Gasteiger partial charge in [-0.15, -0.1) is 11.3 Å². The molecule has 5 heteroatoms. The van der Waals surface area contributed by atoms with Gasteiger partial charge in [0.2, 0.25) is 0 Å². The molecule has 4 nitrogen and oxygen atoms in total. The van der Waals surface area contributed by atoms with Crippen molar-refractivity contribution in [2.75, 3.05) is 27.2 Å². The van der Waals surface area contributed by atoms with Crippen LogP contribution in [-0.2, 0) is 19.6 Å². The van der Waals surface area contributed by atoms with Gasteiger partial charge in [-0.2, -0.15) is 5.10 Å². The first-order valence-corrected chi connectivity index (χ1v) is 8.40. The molecular weight excluding hydrogens is 280 g/mol. The summed E-state index contributed by atoms with van der Waals surface area (Å²) in [5, 5.41) is 6.70. The van der Waals surface area contributed by atoms with Gasteiger partial charge in [0.15, 0.2) is 0 Å². The van der Waals surface area contributed by atoms with Crippen molar-refractivity contribution in [3.8, 4) is 0 Å². The van der Waals surface area contributed by atoms with Crippen molar-refractivity contribution in [3.63, 3.8) is 0 Å². The number of hydrogen-bond donors (Lipinski definition) is 0. The fraction of sp³-hybridized carbons (Fsp3) is 0.562. The smallest absolute Gasteiger partial charge is 0.0524 e. The Balaban J connectivity index is 1.78. The van der Waals surface area contributed by atoms with Gasteiger partial charge in [0.05, 0.1) is 5.69 Å². The van der Waals surface area contributed by atoms with Gasteiger partial charge in [-0.1, -0.05) is 0 Å². The highest BCUT2D eigenvalue weighted by molar-refractivity contribution is 7.10. The van der Waals surface area contributed by atoms with Gasteiger partial charge in [-0.05, 0) is 44.1 Å². The van der Waals surface area contributed by atoms with E-state index in [1.165, 1.54) is 16.1 Å². The Hall–Kier alpha value is -1.17. The van der Waals surface area contributed by atoms with Gasteiger partial charge in [0.1, 0.15) is 0 Å². The summed E-state index contributed by atoms with van der Waals surface area (Å²) in [7, 11) is 4.31. The molecule has 0 saturated carbocycles. The maximum atomic E-state index is 4.50. The molecule has 0 saturated heterocycles. The lowest BCUT2D eigenvalue weighted by Crippen LogP contribution is -2.33. The molecule has 0 spiro atoms. The maximum Gasteiger partial charge on any atom is 0.0524 e. The van der Waals surface area contributed by atoms with Crippen LogP contribution in [0.15, 0.2) is 23.7 Å². The molecule has 0 bridgehead atoms. The van der Waals surface area contributed by atoms with Crippen molar-refractivity contribution in [1.82, 2.24) is 19.6 Å². The van der Waals surface area contributed by atoms with Crippen molar-refractivity contribution in [1.29, 1.82) is 0 Å². The van der Waals surface area contributed by atoms with Crippen LogP contribution in [-0.4, -0.2) is 46.8 Å².